The fourth-order valence-electron chi connectivity index (χ4n) is 3.46. The highest BCUT2D eigenvalue weighted by Gasteiger charge is 2.22. The maximum Gasteiger partial charge on any atom is 0.297 e. The van der Waals surface area contributed by atoms with Crippen LogP contribution < -0.4 is 5.56 Å². The molecule has 0 fully saturated rings. The Labute approximate surface area is 196 Å². The molecular weight excluding hydrogens is 460 g/mol. The van der Waals surface area contributed by atoms with E-state index in [9.17, 15) is 4.79 Å². The highest BCUT2D eigenvalue weighted by Crippen LogP contribution is 2.23. The van der Waals surface area contributed by atoms with Crippen LogP contribution in [0.4, 0.5) is 0 Å². The molecule has 0 unspecified atom stereocenters. The highest BCUT2D eigenvalue weighted by atomic mass is 32.2. The Morgan fingerprint density at radius 3 is 2.79 bits per heavy atom. The Morgan fingerprint density at radius 2 is 2.00 bits per heavy atom. The summed E-state index contributed by atoms with van der Waals surface area (Å²) in [5.74, 6) is 1.95. The first kappa shape index (κ1) is 21.3. The van der Waals surface area contributed by atoms with Crippen LogP contribution in [0.5, 0.6) is 0 Å². The van der Waals surface area contributed by atoms with Crippen molar-refractivity contribution in [3.05, 3.63) is 69.8 Å². The zero-order valence-corrected chi connectivity index (χ0v) is 19.6. The number of benzene rings is 1. The Hall–Kier alpha value is -3.51. The third kappa shape index (κ3) is 4.14. The Kier molecular flexibility index (Phi) is 5.92. The minimum absolute atomic E-state index is 0.178. The van der Waals surface area contributed by atoms with E-state index in [0.29, 0.717) is 29.0 Å². The van der Waals surface area contributed by atoms with E-state index in [-0.39, 0.29) is 5.56 Å². The molecule has 0 aliphatic carbocycles. The topological polar surface area (TPSA) is 109 Å². The normalized spacial score (nSPS) is 11.3. The molecule has 0 saturated carbocycles. The largest absolute Gasteiger partial charge is 0.339 e. The van der Waals surface area contributed by atoms with Gasteiger partial charge in [0.15, 0.2) is 5.69 Å². The number of aryl methyl sites for hydroxylation is 1. The minimum atomic E-state index is -0.178. The maximum absolute atomic E-state index is 13.3. The highest BCUT2D eigenvalue weighted by molar-refractivity contribution is 7.99. The number of nitrogens with zero attached hydrogens (tertiary/aromatic N) is 8. The number of hydrogen-bond donors (Lipinski definition) is 0. The first-order valence-electron chi connectivity index (χ1n) is 10.3. The van der Waals surface area contributed by atoms with Gasteiger partial charge < -0.3 is 4.52 Å². The number of para-hydroxylation sites is 1. The van der Waals surface area contributed by atoms with E-state index in [4.69, 9.17) is 4.52 Å². The van der Waals surface area contributed by atoms with Crippen molar-refractivity contribution in [2.45, 2.75) is 24.9 Å². The lowest BCUT2D eigenvalue weighted by molar-refractivity contribution is 0.378. The molecule has 0 aliphatic heterocycles. The molecule has 0 saturated heterocycles. The Balaban J connectivity index is 1.29. The quantitative estimate of drug-likeness (QED) is 0.246. The first-order valence-corrected chi connectivity index (χ1v) is 12.1. The van der Waals surface area contributed by atoms with Crippen LogP contribution in [-0.2, 0) is 13.5 Å². The summed E-state index contributed by atoms with van der Waals surface area (Å²) in [5, 5.41) is 18.6. The molecular formula is C21H20N8O2S2. The molecule has 0 amide bonds. The second-order valence-electron chi connectivity index (χ2n) is 7.22. The van der Waals surface area contributed by atoms with Gasteiger partial charge in [0.1, 0.15) is 0 Å². The predicted molar refractivity (Wildman–Crippen MR) is 125 cm³/mol. The predicted octanol–water partition coefficient (Wildman–Crippen LogP) is 3.30. The molecule has 4 heterocycles. The SMILES string of the molecule is Cc1c(-n2nnnc2SCCCc2nc(-c3cccs3)no2)c(=O)n(-c2ccccc2)n1C. The number of thiophene rings is 1. The second kappa shape index (κ2) is 9.16. The van der Waals surface area contributed by atoms with Gasteiger partial charge in [0, 0.05) is 19.2 Å². The summed E-state index contributed by atoms with van der Waals surface area (Å²) >= 11 is 3.06. The molecule has 5 rings (SSSR count). The number of thioether (sulfide) groups is 1. The van der Waals surface area contributed by atoms with Crippen LogP contribution in [0, 0.1) is 6.92 Å². The summed E-state index contributed by atoms with van der Waals surface area (Å²) < 4.78 is 10.3. The van der Waals surface area contributed by atoms with Crippen LogP contribution in [0.15, 0.2) is 62.3 Å². The zero-order valence-electron chi connectivity index (χ0n) is 18.0. The Bertz CT molecular complexity index is 1420. The molecule has 1 aromatic carbocycles. The molecule has 0 radical (unpaired) electrons. The van der Waals surface area contributed by atoms with Crippen molar-refractivity contribution in [2.24, 2.45) is 7.05 Å². The lowest BCUT2D eigenvalue weighted by Crippen LogP contribution is -2.22. The van der Waals surface area contributed by atoms with Gasteiger partial charge in [-0.1, -0.05) is 41.2 Å². The van der Waals surface area contributed by atoms with E-state index >= 15 is 0 Å². The van der Waals surface area contributed by atoms with E-state index in [0.717, 1.165) is 28.4 Å². The van der Waals surface area contributed by atoms with Crippen molar-refractivity contribution < 1.29 is 4.52 Å². The van der Waals surface area contributed by atoms with E-state index in [1.807, 2.05) is 66.5 Å². The van der Waals surface area contributed by atoms with Crippen LogP contribution in [0.3, 0.4) is 0 Å². The van der Waals surface area contributed by atoms with Gasteiger partial charge in [-0.05, 0) is 47.4 Å². The van der Waals surface area contributed by atoms with E-state index < -0.39 is 0 Å². The van der Waals surface area contributed by atoms with Crippen LogP contribution in [0.2, 0.25) is 0 Å². The molecule has 4 aromatic heterocycles. The summed E-state index contributed by atoms with van der Waals surface area (Å²) in [7, 11) is 1.85. The van der Waals surface area contributed by atoms with E-state index in [1.165, 1.54) is 16.4 Å². The van der Waals surface area contributed by atoms with Crippen molar-refractivity contribution in [3.8, 4) is 22.1 Å². The summed E-state index contributed by atoms with van der Waals surface area (Å²) in [6.45, 7) is 1.88. The van der Waals surface area contributed by atoms with Gasteiger partial charge in [0.25, 0.3) is 5.56 Å². The average Bonchev–Trinajstić information content (AvgIpc) is 3.61. The minimum Gasteiger partial charge on any atom is -0.339 e. The van der Waals surface area contributed by atoms with Crippen molar-refractivity contribution in [2.75, 3.05) is 5.75 Å². The number of tetrazole rings is 1. The smallest absolute Gasteiger partial charge is 0.297 e. The van der Waals surface area contributed by atoms with Crippen LogP contribution in [0.1, 0.15) is 18.0 Å². The number of rotatable bonds is 8. The maximum atomic E-state index is 13.3. The molecule has 12 heteroatoms. The average molecular weight is 481 g/mol. The van der Waals surface area contributed by atoms with Crippen molar-refractivity contribution in [1.29, 1.82) is 0 Å². The molecule has 0 N–H and O–H groups in total. The lowest BCUT2D eigenvalue weighted by Gasteiger charge is -2.07. The van der Waals surface area contributed by atoms with Crippen LogP contribution in [-0.4, -0.2) is 45.5 Å². The lowest BCUT2D eigenvalue weighted by atomic mass is 10.3. The zero-order chi connectivity index (χ0) is 22.8. The summed E-state index contributed by atoms with van der Waals surface area (Å²) in [6.07, 6.45) is 1.45. The van der Waals surface area contributed by atoms with Crippen LogP contribution in [0.25, 0.3) is 22.1 Å². The molecule has 0 atom stereocenters. The van der Waals surface area contributed by atoms with Crippen molar-refractivity contribution >= 4 is 23.1 Å². The first-order chi connectivity index (χ1) is 16.1. The second-order valence-corrected chi connectivity index (χ2v) is 9.23. The van der Waals surface area contributed by atoms with Gasteiger partial charge in [-0.25, -0.2) is 4.68 Å². The van der Waals surface area contributed by atoms with Gasteiger partial charge in [0.05, 0.1) is 16.3 Å². The molecule has 168 valence electrons. The third-order valence-electron chi connectivity index (χ3n) is 5.15. The third-order valence-corrected chi connectivity index (χ3v) is 7.02. The number of hydrogen-bond acceptors (Lipinski definition) is 9. The summed E-state index contributed by atoms with van der Waals surface area (Å²) in [4.78, 5) is 18.7. The molecule has 33 heavy (non-hydrogen) atoms. The molecule has 0 aliphatic rings. The van der Waals surface area contributed by atoms with Gasteiger partial charge in [-0.2, -0.15) is 9.67 Å². The van der Waals surface area contributed by atoms with Gasteiger partial charge >= 0.3 is 0 Å². The fraction of sp³-hybridized carbons (Fsp3) is 0.238. The van der Waals surface area contributed by atoms with Gasteiger partial charge in [-0.15, -0.1) is 16.4 Å². The molecule has 10 nitrogen and oxygen atoms in total. The standard InChI is InChI=1S/C21H20N8O2S2/c1-14-18(20(30)29(27(14)2)15-8-4-3-5-9-15)28-21(23-25-26-28)33-13-7-11-17-22-19(24-31-17)16-10-6-12-32-16/h3-6,8-10,12H,7,11,13H2,1-2H3. The Morgan fingerprint density at radius 1 is 1.15 bits per heavy atom. The van der Waals surface area contributed by atoms with Gasteiger partial charge in [-0.3, -0.25) is 9.48 Å². The number of aromatic nitrogens is 8. The van der Waals surface area contributed by atoms with Crippen LogP contribution >= 0.6 is 23.1 Å². The van der Waals surface area contributed by atoms with E-state index in [2.05, 4.69) is 25.7 Å². The summed E-state index contributed by atoms with van der Waals surface area (Å²) in [5.41, 5.74) is 1.81. The van der Waals surface area contributed by atoms with E-state index in [1.54, 1.807) is 16.0 Å². The molecule has 5 aromatic rings. The molecule has 0 spiro atoms. The van der Waals surface area contributed by atoms with Crippen molar-refractivity contribution in [1.82, 2.24) is 39.7 Å². The summed E-state index contributed by atoms with van der Waals surface area (Å²) in [6, 6.07) is 13.4. The molecule has 0 bridgehead atoms. The van der Waals surface area contributed by atoms with Gasteiger partial charge in [0.2, 0.25) is 16.9 Å². The van der Waals surface area contributed by atoms with Crippen molar-refractivity contribution in [3.63, 3.8) is 0 Å². The fourth-order valence-corrected chi connectivity index (χ4v) is 4.92. The monoisotopic (exact) mass is 480 g/mol.